The van der Waals surface area contributed by atoms with Crippen molar-refractivity contribution in [1.82, 2.24) is 10.2 Å². The van der Waals surface area contributed by atoms with Crippen LogP contribution in [0.3, 0.4) is 0 Å². The molecule has 0 radical (unpaired) electrons. The number of hydrogen-bond acceptors (Lipinski definition) is 2. The lowest BCUT2D eigenvalue weighted by Gasteiger charge is -2.37. The molecule has 0 aromatic rings. The van der Waals surface area contributed by atoms with Gasteiger partial charge in [-0.25, -0.2) is 8.78 Å². The first kappa shape index (κ1) is 16.4. The molecule has 3 nitrogen and oxygen atoms in total. The fraction of sp³-hybridized carbons (Fsp3) is 0.889. The van der Waals surface area contributed by atoms with Crippen LogP contribution in [0.4, 0.5) is 17.6 Å². The van der Waals surface area contributed by atoms with Crippen LogP contribution in [-0.4, -0.2) is 48.3 Å². The quantitative estimate of drug-likeness (QED) is 0.777. The van der Waals surface area contributed by atoms with Gasteiger partial charge in [-0.1, -0.05) is 0 Å². The number of hydrogen-bond donors (Lipinski definition) is 1. The lowest BCUT2D eigenvalue weighted by molar-refractivity contribution is -0.182. The Morgan fingerprint density at radius 1 is 1.29 bits per heavy atom. The van der Waals surface area contributed by atoms with E-state index in [0.29, 0.717) is 0 Å². The van der Waals surface area contributed by atoms with Crippen LogP contribution in [0.25, 0.3) is 0 Å². The van der Waals surface area contributed by atoms with Gasteiger partial charge in [0.2, 0.25) is 0 Å². The van der Waals surface area contributed by atoms with Crippen LogP contribution in [-0.2, 0) is 4.79 Å². The molecular weight excluding hydrogens is 264 g/mol. The van der Waals surface area contributed by atoms with Crippen LogP contribution in [0.15, 0.2) is 0 Å². The molecule has 1 aliphatic rings. The lowest BCUT2D eigenvalue weighted by Crippen LogP contribution is -2.59. The van der Waals surface area contributed by atoms with E-state index >= 15 is 0 Å². The van der Waals surface area contributed by atoms with Crippen molar-refractivity contribution in [3.05, 3.63) is 0 Å². The van der Waals surface area contributed by atoms with E-state index in [1.165, 1.54) is 0 Å². The molecule has 0 aromatic heterocycles. The van der Waals surface area contributed by atoms with Crippen LogP contribution < -0.4 is 5.32 Å². The van der Waals surface area contributed by atoms with Gasteiger partial charge in [0.1, 0.15) is 0 Å². The monoisotopic (exact) mass is 278 g/mol. The van der Waals surface area contributed by atoms with Crippen molar-refractivity contribution in [3.63, 3.8) is 0 Å². The Hall–Kier alpha value is -0.560. The van der Waals surface area contributed by atoms with Gasteiger partial charge in [0.25, 0.3) is 5.91 Å². The molecule has 2 unspecified atom stereocenters. The molecule has 1 amide bonds. The summed E-state index contributed by atoms with van der Waals surface area (Å²) in [5.41, 5.74) is 0. The number of carbonyl (C=O) groups is 1. The van der Waals surface area contributed by atoms with Gasteiger partial charge in [0.15, 0.2) is 0 Å². The number of nitrogens with zero attached hydrogens (tertiary/aromatic N) is 1. The van der Waals surface area contributed by atoms with E-state index in [1.807, 2.05) is 0 Å². The Labute approximate surface area is 103 Å². The largest absolute Gasteiger partial charge is 0.383 e. The molecule has 0 spiro atoms. The van der Waals surface area contributed by atoms with Gasteiger partial charge < -0.3 is 10.2 Å². The number of carbonyl (C=O) groups excluding carboxylic acids is 1. The van der Waals surface area contributed by atoms with E-state index in [1.54, 1.807) is 13.8 Å². The normalized spacial score (nSPS) is 25.7. The van der Waals surface area contributed by atoms with Gasteiger partial charge >= 0.3 is 12.3 Å². The molecule has 1 N–H and O–H groups in total. The molecule has 1 aliphatic heterocycles. The van der Waals surface area contributed by atoms with Crippen LogP contribution in [0, 0.1) is 0 Å². The summed E-state index contributed by atoms with van der Waals surface area (Å²) in [7, 11) is 0. The fourth-order valence-corrected chi connectivity index (χ4v) is 1.80. The average molecular weight is 279 g/mol. The van der Waals surface area contributed by atoms with Crippen molar-refractivity contribution in [3.8, 4) is 0 Å². The van der Waals surface area contributed by atoms with Crippen molar-refractivity contribution in [1.29, 1.82) is 0 Å². The second-order valence-corrected chi connectivity index (χ2v) is 4.10. The minimum atomic E-state index is -4.59. The van der Waals surface area contributed by atoms with Gasteiger partial charge in [-0.05, 0) is 13.8 Å². The summed E-state index contributed by atoms with van der Waals surface area (Å²) in [6.07, 6.45) is -3.96. The molecule has 1 heterocycles. The first-order valence-electron chi connectivity index (χ1n) is 4.96. The summed E-state index contributed by atoms with van der Waals surface area (Å²) >= 11 is 0. The smallest absolute Gasteiger partial charge is 0.334 e. The Morgan fingerprint density at radius 2 is 1.71 bits per heavy atom. The predicted octanol–water partition coefficient (Wildman–Crippen LogP) is 1.52. The number of rotatable bonds is 2. The zero-order valence-corrected chi connectivity index (χ0v) is 10.2. The Bertz CT molecular complexity index is 268. The first-order valence-corrected chi connectivity index (χ1v) is 4.96. The molecule has 1 rings (SSSR count). The molecule has 1 saturated heterocycles. The van der Waals surface area contributed by atoms with Crippen molar-refractivity contribution in [2.45, 2.75) is 38.3 Å². The van der Waals surface area contributed by atoms with Gasteiger partial charge in [0, 0.05) is 25.2 Å². The van der Waals surface area contributed by atoms with Gasteiger partial charge in [-0.2, -0.15) is 8.78 Å². The predicted molar refractivity (Wildman–Crippen MR) is 56.8 cm³/mol. The van der Waals surface area contributed by atoms with E-state index in [-0.39, 0.29) is 37.6 Å². The second-order valence-electron chi connectivity index (χ2n) is 4.10. The van der Waals surface area contributed by atoms with Gasteiger partial charge in [-0.15, -0.1) is 12.4 Å². The minimum Gasteiger partial charge on any atom is -0.334 e. The Morgan fingerprint density at radius 3 is 2.06 bits per heavy atom. The van der Waals surface area contributed by atoms with Crippen LogP contribution in [0.2, 0.25) is 0 Å². The highest BCUT2D eigenvalue weighted by Crippen LogP contribution is 2.26. The van der Waals surface area contributed by atoms with Crippen LogP contribution in [0.5, 0.6) is 0 Å². The van der Waals surface area contributed by atoms with E-state index in [4.69, 9.17) is 0 Å². The van der Waals surface area contributed by atoms with Crippen molar-refractivity contribution in [2.75, 3.05) is 13.1 Å². The highest BCUT2D eigenvalue weighted by atomic mass is 35.5. The maximum atomic E-state index is 12.8. The van der Waals surface area contributed by atoms with Crippen molar-refractivity contribution >= 4 is 18.3 Å². The zero-order chi connectivity index (χ0) is 12.5. The molecule has 0 saturated carbocycles. The number of alkyl halides is 4. The lowest BCUT2D eigenvalue weighted by atomic mass is 10.1. The molecule has 1 fully saturated rings. The number of amides is 1. The van der Waals surface area contributed by atoms with E-state index in [9.17, 15) is 22.4 Å². The standard InChI is InChI=1S/C9H14F4N2O.ClH/c1-5-3-15(4-6(2)14-5)8(16)9(12,13)7(10)11;/h5-7,14H,3-4H2,1-2H3;1H. The molecule has 0 bridgehead atoms. The fourth-order valence-electron chi connectivity index (χ4n) is 1.80. The van der Waals surface area contributed by atoms with E-state index in [0.717, 1.165) is 4.90 Å². The number of halogens is 5. The van der Waals surface area contributed by atoms with Crippen molar-refractivity contribution in [2.24, 2.45) is 0 Å². The Kier molecular flexibility index (Phi) is 5.67. The summed E-state index contributed by atoms with van der Waals surface area (Å²) in [5.74, 6) is -6.38. The van der Waals surface area contributed by atoms with E-state index in [2.05, 4.69) is 5.32 Å². The molecule has 17 heavy (non-hydrogen) atoms. The third kappa shape index (κ3) is 3.70. The van der Waals surface area contributed by atoms with Crippen LogP contribution >= 0.6 is 12.4 Å². The Balaban J connectivity index is 0.00000256. The van der Waals surface area contributed by atoms with Crippen LogP contribution in [0.1, 0.15) is 13.8 Å². The maximum absolute atomic E-state index is 12.8. The second kappa shape index (κ2) is 5.86. The summed E-state index contributed by atoms with van der Waals surface area (Å²) in [4.78, 5) is 12.0. The number of piperazine rings is 1. The van der Waals surface area contributed by atoms with E-state index < -0.39 is 18.3 Å². The third-order valence-corrected chi connectivity index (χ3v) is 2.40. The third-order valence-electron chi connectivity index (χ3n) is 2.40. The number of nitrogens with one attached hydrogen (secondary N) is 1. The molecular formula is C9H15ClF4N2O. The summed E-state index contributed by atoms with van der Waals surface area (Å²) in [6, 6.07) is -0.359. The van der Waals surface area contributed by atoms with Gasteiger partial charge in [0.05, 0.1) is 0 Å². The topological polar surface area (TPSA) is 32.3 Å². The highest BCUT2D eigenvalue weighted by molar-refractivity contribution is 5.85. The summed E-state index contributed by atoms with van der Waals surface area (Å²) in [5, 5.41) is 3.02. The SMILES string of the molecule is CC1CN(C(=O)C(F)(F)C(F)F)CC(C)N1.Cl. The van der Waals surface area contributed by atoms with Gasteiger partial charge in [-0.3, -0.25) is 4.79 Å². The zero-order valence-electron chi connectivity index (χ0n) is 9.42. The molecule has 0 aromatic carbocycles. The van der Waals surface area contributed by atoms with Crippen molar-refractivity contribution < 1.29 is 22.4 Å². The molecule has 2 atom stereocenters. The highest BCUT2D eigenvalue weighted by Gasteiger charge is 2.51. The maximum Gasteiger partial charge on any atom is 0.383 e. The summed E-state index contributed by atoms with van der Waals surface area (Å²) < 4.78 is 49.6. The average Bonchev–Trinajstić information content (AvgIpc) is 2.14. The summed E-state index contributed by atoms with van der Waals surface area (Å²) in [6.45, 7) is 3.45. The molecule has 102 valence electrons. The molecule has 0 aliphatic carbocycles. The minimum absolute atomic E-state index is 0. The molecule has 8 heteroatoms. The first-order chi connectivity index (χ1) is 7.25.